The van der Waals surface area contributed by atoms with Gasteiger partial charge in [-0.3, -0.25) is 4.79 Å². The van der Waals surface area contributed by atoms with Gasteiger partial charge in [-0.25, -0.2) is 0 Å². The lowest BCUT2D eigenvalue weighted by Crippen LogP contribution is -2.39. The van der Waals surface area contributed by atoms with Crippen LogP contribution in [-0.4, -0.2) is 37.5 Å². The number of carbonyl (C=O) groups excluding carboxylic acids is 1. The molecule has 0 spiro atoms. The lowest BCUT2D eigenvalue weighted by Gasteiger charge is -2.26. The summed E-state index contributed by atoms with van der Waals surface area (Å²) in [5, 5.41) is 5.38. The molecule has 4 heteroatoms. The molecule has 0 bridgehead atoms. The zero-order chi connectivity index (χ0) is 12.1. The standard InChI is InChI=1S/C13H20N2OS/c1-15(9-6-12-3-2-10-17-12)13(16)11-4-7-14-8-5-11/h2-3,10-11,14H,4-9H2,1H3. The van der Waals surface area contributed by atoms with Gasteiger partial charge in [0.2, 0.25) is 5.91 Å². The Hall–Kier alpha value is -0.870. The second kappa shape index (κ2) is 6.17. The first-order chi connectivity index (χ1) is 8.27. The Bertz CT molecular complexity index is 344. The highest BCUT2D eigenvalue weighted by Crippen LogP contribution is 2.15. The third-order valence-electron chi connectivity index (χ3n) is 3.34. The van der Waals surface area contributed by atoms with Crippen LogP contribution in [0.15, 0.2) is 17.5 Å². The van der Waals surface area contributed by atoms with Crippen LogP contribution in [0.3, 0.4) is 0 Å². The van der Waals surface area contributed by atoms with Gasteiger partial charge in [-0.05, 0) is 43.8 Å². The highest BCUT2D eigenvalue weighted by atomic mass is 32.1. The second-order valence-electron chi connectivity index (χ2n) is 4.61. The summed E-state index contributed by atoms with van der Waals surface area (Å²) in [5.41, 5.74) is 0. The minimum atomic E-state index is 0.240. The summed E-state index contributed by atoms with van der Waals surface area (Å²) in [4.78, 5) is 15.4. The predicted octanol–water partition coefficient (Wildman–Crippen LogP) is 1.75. The van der Waals surface area contributed by atoms with Gasteiger partial charge in [0.25, 0.3) is 0 Å². The second-order valence-corrected chi connectivity index (χ2v) is 5.65. The molecule has 1 aromatic rings. The topological polar surface area (TPSA) is 32.3 Å². The first-order valence-corrected chi connectivity index (χ1v) is 7.13. The van der Waals surface area contributed by atoms with Crippen LogP contribution in [0.4, 0.5) is 0 Å². The van der Waals surface area contributed by atoms with Crippen molar-refractivity contribution in [3.8, 4) is 0 Å². The smallest absolute Gasteiger partial charge is 0.225 e. The normalized spacial score (nSPS) is 17.0. The summed E-state index contributed by atoms with van der Waals surface area (Å²) in [5.74, 6) is 0.563. The maximum Gasteiger partial charge on any atom is 0.225 e. The number of piperidine rings is 1. The van der Waals surface area contributed by atoms with Crippen LogP contribution in [0.2, 0.25) is 0 Å². The van der Waals surface area contributed by atoms with Crippen LogP contribution < -0.4 is 5.32 Å². The number of hydrogen-bond donors (Lipinski definition) is 1. The molecule has 17 heavy (non-hydrogen) atoms. The van der Waals surface area contributed by atoms with Crippen molar-refractivity contribution in [3.63, 3.8) is 0 Å². The highest BCUT2D eigenvalue weighted by molar-refractivity contribution is 7.09. The molecule has 0 unspecified atom stereocenters. The van der Waals surface area contributed by atoms with E-state index in [1.54, 1.807) is 11.3 Å². The largest absolute Gasteiger partial charge is 0.345 e. The number of thiophene rings is 1. The molecule has 0 radical (unpaired) electrons. The fourth-order valence-electron chi connectivity index (χ4n) is 2.22. The Morgan fingerprint density at radius 1 is 1.53 bits per heavy atom. The molecule has 0 saturated carbocycles. The van der Waals surface area contributed by atoms with Crippen LogP contribution in [0, 0.1) is 5.92 Å². The Kier molecular flexibility index (Phi) is 4.57. The maximum absolute atomic E-state index is 12.2. The average molecular weight is 252 g/mol. The molecule has 1 aromatic heterocycles. The first kappa shape index (κ1) is 12.6. The fraction of sp³-hybridized carbons (Fsp3) is 0.615. The van der Waals surface area contributed by atoms with Gasteiger partial charge < -0.3 is 10.2 Å². The number of nitrogens with zero attached hydrogens (tertiary/aromatic N) is 1. The monoisotopic (exact) mass is 252 g/mol. The fourth-order valence-corrected chi connectivity index (χ4v) is 2.92. The van der Waals surface area contributed by atoms with Gasteiger partial charge in [0, 0.05) is 24.4 Å². The molecule has 3 nitrogen and oxygen atoms in total. The third-order valence-corrected chi connectivity index (χ3v) is 4.27. The zero-order valence-corrected chi connectivity index (χ0v) is 11.1. The van der Waals surface area contributed by atoms with Gasteiger partial charge in [-0.15, -0.1) is 11.3 Å². The molecule has 1 aliphatic rings. The number of carbonyl (C=O) groups is 1. The number of rotatable bonds is 4. The number of hydrogen-bond acceptors (Lipinski definition) is 3. The summed E-state index contributed by atoms with van der Waals surface area (Å²) in [6.45, 7) is 2.80. The van der Waals surface area contributed by atoms with E-state index < -0.39 is 0 Å². The van der Waals surface area contributed by atoms with E-state index in [0.29, 0.717) is 5.91 Å². The number of likely N-dealkylation sites (N-methyl/N-ethyl adjacent to an activating group) is 1. The SMILES string of the molecule is CN(CCc1cccs1)C(=O)C1CCNCC1. The summed E-state index contributed by atoms with van der Waals surface area (Å²) in [7, 11) is 1.93. The zero-order valence-electron chi connectivity index (χ0n) is 10.3. The Labute approximate surface area is 107 Å². The van der Waals surface area contributed by atoms with Crippen molar-refractivity contribution in [1.82, 2.24) is 10.2 Å². The molecule has 2 rings (SSSR count). The highest BCUT2D eigenvalue weighted by Gasteiger charge is 2.23. The van der Waals surface area contributed by atoms with Crippen LogP contribution in [0.25, 0.3) is 0 Å². The van der Waals surface area contributed by atoms with Gasteiger partial charge in [-0.1, -0.05) is 6.07 Å². The third kappa shape index (κ3) is 3.54. The van der Waals surface area contributed by atoms with Crippen molar-refractivity contribution in [1.29, 1.82) is 0 Å². The van der Waals surface area contributed by atoms with Gasteiger partial charge in [-0.2, -0.15) is 0 Å². The summed E-state index contributed by atoms with van der Waals surface area (Å²) in [6, 6.07) is 4.20. The van der Waals surface area contributed by atoms with E-state index in [9.17, 15) is 4.79 Å². The van der Waals surface area contributed by atoms with Crippen LogP contribution >= 0.6 is 11.3 Å². The molecule has 1 fully saturated rings. The number of nitrogens with one attached hydrogen (secondary N) is 1. The lowest BCUT2D eigenvalue weighted by molar-refractivity contribution is -0.134. The average Bonchev–Trinajstić information content (AvgIpc) is 2.89. The molecule has 1 N–H and O–H groups in total. The van der Waals surface area contributed by atoms with Crippen LogP contribution in [0.5, 0.6) is 0 Å². The first-order valence-electron chi connectivity index (χ1n) is 6.25. The van der Waals surface area contributed by atoms with Gasteiger partial charge in [0.15, 0.2) is 0 Å². The van der Waals surface area contributed by atoms with E-state index in [4.69, 9.17) is 0 Å². The Morgan fingerprint density at radius 2 is 2.29 bits per heavy atom. The molecule has 94 valence electrons. The van der Waals surface area contributed by atoms with Crippen LogP contribution in [-0.2, 0) is 11.2 Å². The van der Waals surface area contributed by atoms with Crippen LogP contribution in [0.1, 0.15) is 17.7 Å². The van der Waals surface area contributed by atoms with E-state index >= 15 is 0 Å². The van der Waals surface area contributed by atoms with Crippen molar-refractivity contribution in [2.45, 2.75) is 19.3 Å². The lowest BCUT2D eigenvalue weighted by atomic mass is 9.97. The van der Waals surface area contributed by atoms with Crippen molar-refractivity contribution >= 4 is 17.2 Å². The molecule has 0 aromatic carbocycles. The molecule has 0 atom stereocenters. The molecule has 1 aliphatic heterocycles. The number of amides is 1. The summed E-state index contributed by atoms with van der Waals surface area (Å²) >= 11 is 1.76. The summed E-state index contributed by atoms with van der Waals surface area (Å²) < 4.78 is 0. The van der Waals surface area contributed by atoms with Gasteiger partial charge >= 0.3 is 0 Å². The Morgan fingerprint density at radius 3 is 2.94 bits per heavy atom. The predicted molar refractivity (Wildman–Crippen MR) is 71.3 cm³/mol. The van der Waals surface area contributed by atoms with Gasteiger partial charge in [0.1, 0.15) is 0 Å². The van der Waals surface area contributed by atoms with E-state index in [0.717, 1.165) is 38.9 Å². The minimum Gasteiger partial charge on any atom is -0.345 e. The molecule has 0 aliphatic carbocycles. The summed E-state index contributed by atoms with van der Waals surface area (Å²) in [6.07, 6.45) is 2.95. The minimum absolute atomic E-state index is 0.240. The molecule has 2 heterocycles. The maximum atomic E-state index is 12.2. The quantitative estimate of drug-likeness (QED) is 0.885. The molecule has 1 saturated heterocycles. The van der Waals surface area contributed by atoms with E-state index in [1.165, 1.54) is 4.88 Å². The molecular formula is C13H20N2OS. The van der Waals surface area contributed by atoms with Crippen molar-refractivity contribution < 1.29 is 4.79 Å². The van der Waals surface area contributed by atoms with E-state index in [1.807, 2.05) is 11.9 Å². The van der Waals surface area contributed by atoms with Crippen molar-refractivity contribution in [3.05, 3.63) is 22.4 Å². The van der Waals surface area contributed by atoms with Crippen molar-refractivity contribution in [2.75, 3.05) is 26.7 Å². The van der Waals surface area contributed by atoms with Gasteiger partial charge in [0.05, 0.1) is 0 Å². The van der Waals surface area contributed by atoms with E-state index in [2.05, 4.69) is 22.8 Å². The van der Waals surface area contributed by atoms with E-state index in [-0.39, 0.29) is 5.92 Å². The van der Waals surface area contributed by atoms with Crippen molar-refractivity contribution in [2.24, 2.45) is 5.92 Å². The Balaban J connectivity index is 1.78. The molecule has 1 amide bonds. The molecular weight excluding hydrogens is 232 g/mol.